The van der Waals surface area contributed by atoms with Crippen LogP contribution >= 0.6 is 0 Å². The molecule has 3 heteroatoms. The summed E-state index contributed by atoms with van der Waals surface area (Å²) in [7, 11) is 1.63. The Morgan fingerprint density at radius 1 is 1.80 bits per heavy atom. The van der Waals surface area contributed by atoms with Crippen molar-refractivity contribution in [1.82, 2.24) is 10.6 Å². The summed E-state index contributed by atoms with van der Waals surface area (Å²) in [5.74, 6) is -0.0168. The predicted octanol–water partition coefficient (Wildman–Crippen LogP) is -0.224. The number of rotatable bonds is 1. The highest BCUT2D eigenvalue weighted by molar-refractivity contribution is 5.94. The van der Waals surface area contributed by atoms with E-state index in [0.717, 1.165) is 5.57 Å². The molecule has 0 radical (unpaired) electrons. The van der Waals surface area contributed by atoms with E-state index in [1.165, 1.54) is 0 Å². The van der Waals surface area contributed by atoms with Gasteiger partial charge in [-0.3, -0.25) is 4.79 Å². The van der Waals surface area contributed by atoms with Crippen molar-refractivity contribution in [3.8, 4) is 0 Å². The molecule has 0 spiro atoms. The molecule has 2 N–H and O–H groups in total. The molecule has 1 aliphatic rings. The number of likely N-dealkylation sites (N-methyl/N-ethyl adjacent to an activating group) is 1. The van der Waals surface area contributed by atoms with Crippen LogP contribution in [0.1, 0.15) is 0 Å². The summed E-state index contributed by atoms with van der Waals surface area (Å²) in [5.41, 5.74) is 0.769. The standard InChI is InChI=1S/C7H10N2O/c1-8-7(10)6-3-2-4-9-5-6/h2-4,9H,5H2,1H3,(H,8,10). The fraction of sp³-hybridized carbons (Fsp3) is 0.286. The van der Waals surface area contributed by atoms with Gasteiger partial charge >= 0.3 is 0 Å². The number of nitrogens with one attached hydrogen (secondary N) is 2. The van der Waals surface area contributed by atoms with Crippen LogP contribution in [0, 0.1) is 0 Å². The lowest BCUT2D eigenvalue weighted by molar-refractivity contribution is -0.117. The Balaban J connectivity index is 2.62. The fourth-order valence-electron chi connectivity index (χ4n) is 0.777. The SMILES string of the molecule is CNC(=O)C1=CC=CNC1. The van der Waals surface area contributed by atoms with Crippen LogP contribution in [0.4, 0.5) is 0 Å². The van der Waals surface area contributed by atoms with E-state index in [2.05, 4.69) is 10.6 Å². The van der Waals surface area contributed by atoms with Crippen LogP contribution < -0.4 is 10.6 Å². The average Bonchev–Trinajstić information content (AvgIpc) is 2.05. The average molecular weight is 138 g/mol. The minimum atomic E-state index is -0.0168. The van der Waals surface area contributed by atoms with Gasteiger partial charge in [0.15, 0.2) is 0 Å². The van der Waals surface area contributed by atoms with Crippen molar-refractivity contribution in [2.75, 3.05) is 13.6 Å². The summed E-state index contributed by atoms with van der Waals surface area (Å²) in [6, 6.07) is 0. The predicted molar refractivity (Wildman–Crippen MR) is 39.3 cm³/mol. The van der Waals surface area contributed by atoms with E-state index in [1.54, 1.807) is 13.1 Å². The topological polar surface area (TPSA) is 41.1 Å². The lowest BCUT2D eigenvalue weighted by Crippen LogP contribution is -2.27. The molecular formula is C7H10N2O. The van der Waals surface area contributed by atoms with Crippen LogP contribution in [0.5, 0.6) is 0 Å². The first-order chi connectivity index (χ1) is 4.84. The Labute approximate surface area is 59.8 Å². The highest BCUT2D eigenvalue weighted by Crippen LogP contribution is 1.96. The van der Waals surface area contributed by atoms with Crippen LogP contribution in [0.15, 0.2) is 23.9 Å². The van der Waals surface area contributed by atoms with E-state index in [0.29, 0.717) is 6.54 Å². The number of amides is 1. The first-order valence-corrected chi connectivity index (χ1v) is 3.16. The molecule has 0 fully saturated rings. The highest BCUT2D eigenvalue weighted by atomic mass is 16.1. The van der Waals surface area contributed by atoms with E-state index in [-0.39, 0.29) is 5.91 Å². The normalized spacial score (nSPS) is 15.5. The van der Waals surface area contributed by atoms with Crippen molar-refractivity contribution in [2.24, 2.45) is 0 Å². The summed E-state index contributed by atoms with van der Waals surface area (Å²) in [6.45, 7) is 0.621. The third-order valence-electron chi connectivity index (χ3n) is 1.32. The van der Waals surface area contributed by atoms with E-state index >= 15 is 0 Å². The fourth-order valence-corrected chi connectivity index (χ4v) is 0.777. The minimum Gasteiger partial charge on any atom is -0.387 e. The van der Waals surface area contributed by atoms with Gasteiger partial charge in [0.2, 0.25) is 5.91 Å². The second-order valence-electron chi connectivity index (χ2n) is 2.01. The molecule has 3 nitrogen and oxygen atoms in total. The zero-order chi connectivity index (χ0) is 7.40. The van der Waals surface area contributed by atoms with Gasteiger partial charge in [0.1, 0.15) is 0 Å². The third-order valence-corrected chi connectivity index (χ3v) is 1.32. The molecule has 0 atom stereocenters. The second-order valence-corrected chi connectivity index (χ2v) is 2.01. The highest BCUT2D eigenvalue weighted by Gasteiger charge is 2.05. The Bertz CT molecular complexity index is 194. The van der Waals surface area contributed by atoms with Gasteiger partial charge in [0, 0.05) is 19.2 Å². The van der Waals surface area contributed by atoms with Crippen molar-refractivity contribution < 1.29 is 4.79 Å². The number of hydrogen-bond acceptors (Lipinski definition) is 2. The number of hydrogen-bond donors (Lipinski definition) is 2. The van der Waals surface area contributed by atoms with Gasteiger partial charge in [-0.25, -0.2) is 0 Å². The summed E-state index contributed by atoms with van der Waals surface area (Å²) in [4.78, 5) is 10.9. The molecule has 0 saturated heterocycles. The summed E-state index contributed by atoms with van der Waals surface area (Å²) >= 11 is 0. The van der Waals surface area contributed by atoms with E-state index in [4.69, 9.17) is 0 Å². The van der Waals surface area contributed by atoms with Crippen molar-refractivity contribution in [2.45, 2.75) is 0 Å². The molecule has 10 heavy (non-hydrogen) atoms. The van der Waals surface area contributed by atoms with E-state index < -0.39 is 0 Å². The zero-order valence-corrected chi connectivity index (χ0v) is 5.85. The molecule has 54 valence electrons. The summed E-state index contributed by atoms with van der Waals surface area (Å²) in [6.07, 6.45) is 5.43. The lowest BCUT2D eigenvalue weighted by Gasteiger charge is -2.07. The smallest absolute Gasteiger partial charge is 0.248 e. The van der Waals surface area contributed by atoms with Gasteiger partial charge in [-0.2, -0.15) is 0 Å². The molecule has 0 aliphatic carbocycles. The van der Waals surface area contributed by atoms with Crippen molar-refractivity contribution in [1.29, 1.82) is 0 Å². The maximum absolute atomic E-state index is 10.9. The Hall–Kier alpha value is -1.25. The van der Waals surface area contributed by atoms with Gasteiger partial charge in [-0.1, -0.05) is 6.08 Å². The van der Waals surface area contributed by atoms with Crippen LogP contribution in [0.3, 0.4) is 0 Å². The van der Waals surface area contributed by atoms with E-state index in [9.17, 15) is 4.79 Å². The molecule has 0 bridgehead atoms. The van der Waals surface area contributed by atoms with E-state index in [1.807, 2.05) is 12.3 Å². The number of dihydropyridines is 1. The van der Waals surface area contributed by atoms with Gasteiger partial charge in [-0.05, 0) is 12.3 Å². The molecule has 0 unspecified atom stereocenters. The van der Waals surface area contributed by atoms with Gasteiger partial charge in [0.05, 0.1) is 0 Å². The third kappa shape index (κ3) is 1.37. The molecule has 1 aliphatic heterocycles. The quantitative estimate of drug-likeness (QED) is 0.525. The molecule has 1 heterocycles. The van der Waals surface area contributed by atoms with Gasteiger partial charge < -0.3 is 10.6 Å². The second kappa shape index (κ2) is 3.06. The van der Waals surface area contributed by atoms with Crippen LogP contribution in [0.2, 0.25) is 0 Å². The summed E-state index contributed by atoms with van der Waals surface area (Å²) in [5, 5.41) is 5.49. The maximum atomic E-state index is 10.9. The van der Waals surface area contributed by atoms with Crippen LogP contribution in [0.25, 0.3) is 0 Å². The molecule has 1 rings (SSSR count). The monoisotopic (exact) mass is 138 g/mol. The van der Waals surface area contributed by atoms with Crippen LogP contribution in [-0.4, -0.2) is 19.5 Å². The molecular weight excluding hydrogens is 128 g/mol. The number of allylic oxidation sites excluding steroid dienone is 2. The molecule has 0 aromatic rings. The Morgan fingerprint density at radius 2 is 2.60 bits per heavy atom. The van der Waals surface area contributed by atoms with Crippen molar-refractivity contribution in [3.05, 3.63) is 23.9 Å². The molecule has 1 amide bonds. The number of carbonyl (C=O) groups is 1. The first kappa shape index (κ1) is 6.86. The number of carbonyl (C=O) groups excluding carboxylic acids is 1. The molecule has 0 saturated carbocycles. The van der Waals surface area contributed by atoms with Gasteiger partial charge in [-0.15, -0.1) is 0 Å². The summed E-state index contributed by atoms with van der Waals surface area (Å²) < 4.78 is 0. The van der Waals surface area contributed by atoms with Crippen LogP contribution in [-0.2, 0) is 4.79 Å². The largest absolute Gasteiger partial charge is 0.387 e. The van der Waals surface area contributed by atoms with Crippen molar-refractivity contribution >= 4 is 5.91 Å². The minimum absolute atomic E-state index is 0.0168. The molecule has 0 aromatic heterocycles. The zero-order valence-electron chi connectivity index (χ0n) is 5.85. The first-order valence-electron chi connectivity index (χ1n) is 3.16. The Morgan fingerprint density at radius 3 is 3.10 bits per heavy atom. The maximum Gasteiger partial charge on any atom is 0.248 e. The van der Waals surface area contributed by atoms with Crippen molar-refractivity contribution in [3.63, 3.8) is 0 Å². The Kier molecular flexibility index (Phi) is 2.10. The molecule has 0 aromatic carbocycles. The van der Waals surface area contributed by atoms with Gasteiger partial charge in [0.25, 0.3) is 0 Å². The lowest BCUT2D eigenvalue weighted by atomic mass is 10.2.